The zero-order valence-electron chi connectivity index (χ0n) is 22.7. The van der Waals surface area contributed by atoms with Crippen LogP contribution in [0.2, 0.25) is 0 Å². The summed E-state index contributed by atoms with van der Waals surface area (Å²) in [6.45, 7) is 7.67. The van der Waals surface area contributed by atoms with Crippen LogP contribution in [0.1, 0.15) is 66.7 Å². The SMILES string of the molecule is CCC(=O)OC1=CC(=O)C=C2[C@@H](F)CC3[C@@H]4C[C@@H](C)[C@](OC(=O)CC)(C(=O)SCF)[C@@]4(C)C[C@H](O)[C@]3(F)[C@]12C. The molecule has 4 aliphatic carbocycles. The molecule has 0 aromatic heterocycles. The molecule has 216 valence electrons. The topological polar surface area (TPSA) is 107 Å². The van der Waals surface area contributed by atoms with Crippen molar-refractivity contribution < 1.29 is 46.9 Å². The number of halogens is 3. The molecule has 0 heterocycles. The third-order valence-electron chi connectivity index (χ3n) is 9.87. The van der Waals surface area contributed by atoms with Gasteiger partial charge >= 0.3 is 11.9 Å². The molecule has 11 heteroatoms. The van der Waals surface area contributed by atoms with Crippen molar-refractivity contribution in [2.45, 2.75) is 90.3 Å². The molecule has 0 spiro atoms. The fraction of sp³-hybridized carbons (Fsp3) is 0.714. The van der Waals surface area contributed by atoms with Crippen molar-refractivity contribution in [3.63, 3.8) is 0 Å². The average molecular weight is 573 g/mol. The molecule has 0 radical (unpaired) electrons. The minimum absolute atomic E-state index is 0.0639. The molecule has 9 atom stereocenters. The smallest absolute Gasteiger partial charge is 0.310 e. The van der Waals surface area contributed by atoms with Crippen molar-refractivity contribution in [1.82, 2.24) is 0 Å². The highest BCUT2D eigenvalue weighted by atomic mass is 32.2. The Morgan fingerprint density at radius 2 is 1.74 bits per heavy atom. The number of esters is 2. The summed E-state index contributed by atoms with van der Waals surface area (Å²) >= 11 is 0.350. The molecular weight excluding hydrogens is 537 g/mol. The van der Waals surface area contributed by atoms with Crippen LogP contribution < -0.4 is 0 Å². The minimum atomic E-state index is -2.60. The fourth-order valence-corrected chi connectivity index (χ4v) is 8.82. The number of fused-ring (bicyclic) bond motifs is 5. The molecule has 3 saturated carbocycles. The molecule has 0 saturated heterocycles. The first-order valence-corrected chi connectivity index (χ1v) is 14.3. The molecule has 0 aliphatic heterocycles. The van der Waals surface area contributed by atoms with Crippen LogP contribution in [0.3, 0.4) is 0 Å². The number of hydrogen-bond acceptors (Lipinski definition) is 8. The van der Waals surface area contributed by atoms with E-state index in [9.17, 15) is 28.7 Å². The second kappa shape index (κ2) is 10.0. The quantitative estimate of drug-likeness (QED) is 0.456. The minimum Gasteiger partial charge on any atom is -0.449 e. The highest BCUT2D eigenvalue weighted by Gasteiger charge is 2.79. The van der Waals surface area contributed by atoms with Gasteiger partial charge in [-0.15, -0.1) is 0 Å². The molecule has 7 nitrogen and oxygen atoms in total. The summed E-state index contributed by atoms with van der Waals surface area (Å²) in [4.78, 5) is 50.8. The normalized spacial score (nSPS) is 42.9. The number of rotatable bonds is 6. The fourth-order valence-electron chi connectivity index (χ4n) is 8.03. The standard InChI is InChI=1S/C28H35F3O7S/c1-6-22(34)37-21-10-15(32)9-18-19(30)11-17-16-8-14(3)28(24(36)39-13-29,38-23(35)7-2)25(16,4)12-20(33)27(17,31)26(18,21)5/h9-10,14,16-17,19-20,33H,6-8,11-13H2,1-5H3/t14-,16+,17?,19+,20+,25+,26+,27+,28+/m1/s1. The van der Waals surface area contributed by atoms with Crippen molar-refractivity contribution in [1.29, 1.82) is 0 Å². The van der Waals surface area contributed by atoms with E-state index in [1.807, 2.05) is 0 Å². The van der Waals surface area contributed by atoms with Gasteiger partial charge in [0.25, 0.3) is 0 Å². The van der Waals surface area contributed by atoms with Crippen LogP contribution in [-0.2, 0) is 28.7 Å². The first-order valence-electron chi connectivity index (χ1n) is 13.3. The monoisotopic (exact) mass is 572 g/mol. The summed E-state index contributed by atoms with van der Waals surface area (Å²) in [5.74, 6) is -5.15. The number of hydrogen-bond donors (Lipinski definition) is 1. The van der Waals surface area contributed by atoms with E-state index in [2.05, 4.69) is 0 Å². The van der Waals surface area contributed by atoms with Gasteiger partial charge in [-0.05, 0) is 55.5 Å². The molecule has 0 aromatic carbocycles. The Bertz CT molecular complexity index is 1160. The van der Waals surface area contributed by atoms with Crippen LogP contribution in [0.4, 0.5) is 13.2 Å². The van der Waals surface area contributed by atoms with Gasteiger partial charge in [-0.2, -0.15) is 0 Å². The van der Waals surface area contributed by atoms with Gasteiger partial charge in [-0.3, -0.25) is 19.2 Å². The Labute approximate surface area is 229 Å². The first-order chi connectivity index (χ1) is 18.2. The number of ether oxygens (including phenoxy) is 2. The number of carbonyl (C=O) groups is 4. The maximum absolute atomic E-state index is 17.8. The summed E-state index contributed by atoms with van der Waals surface area (Å²) in [6.07, 6.45) is -2.48. The van der Waals surface area contributed by atoms with Gasteiger partial charge < -0.3 is 14.6 Å². The van der Waals surface area contributed by atoms with E-state index in [4.69, 9.17) is 9.47 Å². The Morgan fingerprint density at radius 3 is 2.33 bits per heavy atom. The van der Waals surface area contributed by atoms with Crippen LogP contribution >= 0.6 is 11.8 Å². The Kier molecular flexibility index (Phi) is 7.69. The van der Waals surface area contributed by atoms with Gasteiger partial charge in [0, 0.05) is 36.2 Å². The van der Waals surface area contributed by atoms with E-state index >= 15 is 8.78 Å². The summed E-state index contributed by atoms with van der Waals surface area (Å²) < 4.78 is 58.5. The first kappa shape index (κ1) is 29.8. The number of ketones is 1. The van der Waals surface area contributed by atoms with Gasteiger partial charge in [0.2, 0.25) is 5.12 Å². The lowest BCUT2D eigenvalue weighted by atomic mass is 9.44. The molecule has 0 bridgehead atoms. The third kappa shape index (κ3) is 3.89. The van der Waals surface area contributed by atoms with Crippen molar-refractivity contribution in [2.24, 2.45) is 28.6 Å². The average Bonchev–Trinajstić information content (AvgIpc) is 3.09. The maximum atomic E-state index is 17.8. The molecule has 0 amide bonds. The summed E-state index contributed by atoms with van der Waals surface area (Å²) in [5.41, 5.74) is -8.05. The molecule has 1 unspecified atom stereocenters. The lowest BCUT2D eigenvalue weighted by molar-refractivity contribution is -0.234. The van der Waals surface area contributed by atoms with E-state index in [0.29, 0.717) is 11.8 Å². The zero-order chi connectivity index (χ0) is 29.1. The Balaban J connectivity index is 1.90. The van der Waals surface area contributed by atoms with Crippen molar-refractivity contribution in [3.8, 4) is 0 Å². The Morgan fingerprint density at radius 1 is 1.10 bits per heavy atom. The summed E-state index contributed by atoms with van der Waals surface area (Å²) in [5, 5.41) is 10.9. The number of alkyl halides is 3. The predicted molar refractivity (Wildman–Crippen MR) is 136 cm³/mol. The largest absolute Gasteiger partial charge is 0.449 e. The number of aliphatic hydroxyl groups is 1. The van der Waals surface area contributed by atoms with Crippen LogP contribution in [0.5, 0.6) is 0 Å². The van der Waals surface area contributed by atoms with Crippen molar-refractivity contribution in [3.05, 3.63) is 23.5 Å². The van der Waals surface area contributed by atoms with E-state index in [1.54, 1.807) is 20.8 Å². The third-order valence-corrected chi connectivity index (χ3v) is 10.5. The predicted octanol–water partition coefficient (Wildman–Crippen LogP) is 4.71. The molecule has 0 aromatic rings. The maximum Gasteiger partial charge on any atom is 0.310 e. The second-order valence-electron chi connectivity index (χ2n) is 11.5. The van der Waals surface area contributed by atoms with Gasteiger partial charge in [0.05, 0.1) is 11.5 Å². The van der Waals surface area contributed by atoms with Gasteiger partial charge in [0.1, 0.15) is 17.9 Å². The molecular formula is C28H35F3O7S. The highest BCUT2D eigenvalue weighted by molar-refractivity contribution is 8.13. The number of aliphatic hydroxyl groups excluding tert-OH is 1. The summed E-state index contributed by atoms with van der Waals surface area (Å²) in [7, 11) is 0. The molecule has 4 rings (SSSR count). The van der Waals surface area contributed by atoms with Gasteiger partial charge in [-0.1, -0.05) is 27.7 Å². The van der Waals surface area contributed by atoms with Crippen LogP contribution in [0.25, 0.3) is 0 Å². The molecule has 1 N–H and O–H groups in total. The summed E-state index contributed by atoms with van der Waals surface area (Å²) in [6, 6.07) is -1.07. The number of thioether (sulfide) groups is 1. The second-order valence-corrected chi connectivity index (χ2v) is 12.4. The highest BCUT2D eigenvalue weighted by Crippen LogP contribution is 2.73. The van der Waals surface area contributed by atoms with E-state index in [-0.39, 0.29) is 37.0 Å². The molecule has 3 fully saturated rings. The number of carbonyl (C=O) groups excluding carboxylic acids is 4. The Hall–Kier alpha value is -2.14. The van der Waals surface area contributed by atoms with Crippen LogP contribution in [-0.4, -0.2) is 57.5 Å². The van der Waals surface area contributed by atoms with E-state index in [0.717, 1.165) is 12.2 Å². The molecule has 39 heavy (non-hydrogen) atoms. The lowest BCUT2D eigenvalue weighted by Gasteiger charge is -2.63. The van der Waals surface area contributed by atoms with Crippen molar-refractivity contribution >= 4 is 34.6 Å². The van der Waals surface area contributed by atoms with E-state index in [1.165, 1.54) is 13.8 Å². The number of allylic oxidation sites excluding steroid dienone is 3. The van der Waals surface area contributed by atoms with Gasteiger partial charge in [0.15, 0.2) is 17.1 Å². The zero-order valence-corrected chi connectivity index (χ0v) is 23.5. The molecule has 4 aliphatic rings. The van der Waals surface area contributed by atoms with Crippen molar-refractivity contribution in [2.75, 3.05) is 6.01 Å². The van der Waals surface area contributed by atoms with Crippen LogP contribution in [0, 0.1) is 28.6 Å². The van der Waals surface area contributed by atoms with E-state index < -0.39 is 87.4 Å². The van der Waals surface area contributed by atoms with Crippen LogP contribution in [0.15, 0.2) is 23.5 Å². The lowest BCUT2D eigenvalue weighted by Crippen LogP contribution is -2.71. The van der Waals surface area contributed by atoms with Gasteiger partial charge in [-0.25, -0.2) is 13.2 Å².